The number of piperidine rings is 1. The van der Waals surface area contributed by atoms with E-state index in [0.29, 0.717) is 5.92 Å². The lowest BCUT2D eigenvalue weighted by molar-refractivity contribution is 0.0272. The van der Waals surface area contributed by atoms with Gasteiger partial charge in [-0.25, -0.2) is 0 Å². The molecule has 0 aromatic rings. The highest BCUT2D eigenvalue weighted by molar-refractivity contribution is 4.90. The van der Waals surface area contributed by atoms with Crippen molar-refractivity contribution in [2.24, 2.45) is 11.3 Å². The maximum Gasteiger partial charge on any atom is 0.0580 e. The maximum absolute atomic E-state index is 10.1. The molecule has 3 fully saturated rings. The minimum absolute atomic E-state index is 0.0129. The summed E-state index contributed by atoms with van der Waals surface area (Å²) in [6.45, 7) is 3.75. The molecule has 2 heteroatoms. The molecule has 1 aliphatic heterocycles. The van der Waals surface area contributed by atoms with Crippen LogP contribution in [0.3, 0.4) is 0 Å². The van der Waals surface area contributed by atoms with Crippen molar-refractivity contribution >= 4 is 0 Å². The molecular formula is C16H29NO. The van der Waals surface area contributed by atoms with Crippen LogP contribution in [0.4, 0.5) is 0 Å². The molecule has 3 aliphatic rings. The number of hydrogen-bond acceptors (Lipinski definition) is 2. The first-order valence-electron chi connectivity index (χ1n) is 8.18. The van der Waals surface area contributed by atoms with Crippen molar-refractivity contribution in [2.45, 2.75) is 70.3 Å². The molecule has 0 radical (unpaired) electrons. The molecule has 2 saturated carbocycles. The minimum atomic E-state index is -0.0129. The Balaban J connectivity index is 1.47. The Bertz CT molecular complexity index is 262. The van der Waals surface area contributed by atoms with E-state index in [1.165, 1.54) is 70.9 Å². The third-order valence-corrected chi connectivity index (χ3v) is 5.94. The van der Waals surface area contributed by atoms with Crippen molar-refractivity contribution in [3.05, 3.63) is 0 Å². The molecule has 1 saturated heterocycles. The van der Waals surface area contributed by atoms with Crippen LogP contribution >= 0.6 is 0 Å². The summed E-state index contributed by atoms with van der Waals surface area (Å²) in [6, 6.07) is 0. The zero-order valence-corrected chi connectivity index (χ0v) is 11.7. The minimum Gasteiger partial charge on any atom is -0.393 e. The summed E-state index contributed by atoms with van der Waals surface area (Å²) >= 11 is 0. The van der Waals surface area contributed by atoms with Gasteiger partial charge in [0.15, 0.2) is 0 Å². The largest absolute Gasteiger partial charge is 0.393 e. The summed E-state index contributed by atoms with van der Waals surface area (Å²) in [5.41, 5.74) is 0.738. The van der Waals surface area contributed by atoms with Crippen LogP contribution in [0.1, 0.15) is 64.2 Å². The molecule has 0 amide bonds. The number of aliphatic hydroxyl groups excluding tert-OH is 1. The van der Waals surface area contributed by atoms with E-state index in [4.69, 9.17) is 0 Å². The Morgan fingerprint density at radius 3 is 2.22 bits per heavy atom. The molecule has 0 aromatic heterocycles. The molecule has 2 aliphatic carbocycles. The molecule has 2 unspecified atom stereocenters. The fraction of sp³-hybridized carbons (Fsp3) is 1.00. The van der Waals surface area contributed by atoms with Crippen LogP contribution in [0.25, 0.3) is 0 Å². The lowest BCUT2D eigenvalue weighted by Gasteiger charge is -2.41. The van der Waals surface area contributed by atoms with Crippen molar-refractivity contribution < 1.29 is 5.11 Å². The third-order valence-electron chi connectivity index (χ3n) is 5.94. The highest BCUT2D eigenvalue weighted by Gasteiger charge is 2.37. The van der Waals surface area contributed by atoms with Gasteiger partial charge in [-0.05, 0) is 62.9 Å². The number of rotatable bonds is 2. The molecule has 1 heterocycles. The van der Waals surface area contributed by atoms with Crippen molar-refractivity contribution in [3.8, 4) is 0 Å². The first kappa shape index (κ1) is 12.9. The smallest absolute Gasteiger partial charge is 0.0580 e. The third kappa shape index (κ3) is 2.75. The van der Waals surface area contributed by atoms with Gasteiger partial charge in [-0.3, -0.25) is 0 Å². The summed E-state index contributed by atoms with van der Waals surface area (Å²) in [7, 11) is 0. The summed E-state index contributed by atoms with van der Waals surface area (Å²) in [5.74, 6) is 0.566. The zero-order valence-electron chi connectivity index (χ0n) is 11.7. The summed E-state index contributed by atoms with van der Waals surface area (Å²) < 4.78 is 0. The Morgan fingerprint density at radius 1 is 0.889 bits per heavy atom. The van der Waals surface area contributed by atoms with Gasteiger partial charge in [-0.1, -0.05) is 25.7 Å². The molecule has 18 heavy (non-hydrogen) atoms. The van der Waals surface area contributed by atoms with E-state index in [2.05, 4.69) is 4.90 Å². The van der Waals surface area contributed by atoms with Gasteiger partial charge >= 0.3 is 0 Å². The van der Waals surface area contributed by atoms with Gasteiger partial charge < -0.3 is 10.0 Å². The van der Waals surface area contributed by atoms with Gasteiger partial charge in [0.05, 0.1) is 6.10 Å². The number of nitrogens with zero attached hydrogens (tertiary/aromatic N) is 1. The van der Waals surface area contributed by atoms with Gasteiger partial charge in [-0.2, -0.15) is 0 Å². The monoisotopic (exact) mass is 251 g/mol. The van der Waals surface area contributed by atoms with E-state index in [0.717, 1.165) is 18.4 Å². The summed E-state index contributed by atoms with van der Waals surface area (Å²) in [5, 5.41) is 10.1. The fourth-order valence-electron chi connectivity index (χ4n) is 4.57. The Hall–Kier alpha value is -0.0800. The van der Waals surface area contributed by atoms with Crippen molar-refractivity contribution in [1.29, 1.82) is 0 Å². The maximum atomic E-state index is 10.1. The molecule has 0 aromatic carbocycles. The van der Waals surface area contributed by atoms with E-state index in [-0.39, 0.29) is 6.10 Å². The second-order valence-corrected chi connectivity index (χ2v) is 7.12. The lowest BCUT2D eigenvalue weighted by atomic mass is 9.76. The Morgan fingerprint density at radius 2 is 1.56 bits per heavy atom. The second-order valence-electron chi connectivity index (χ2n) is 7.12. The number of hydrogen-bond donors (Lipinski definition) is 1. The molecule has 2 nitrogen and oxygen atoms in total. The van der Waals surface area contributed by atoms with Gasteiger partial charge in [0, 0.05) is 6.54 Å². The van der Waals surface area contributed by atoms with E-state index in [1.807, 2.05) is 0 Å². The van der Waals surface area contributed by atoms with E-state index < -0.39 is 0 Å². The molecule has 1 spiro atoms. The summed E-state index contributed by atoms with van der Waals surface area (Å²) in [4.78, 5) is 2.64. The summed E-state index contributed by atoms with van der Waals surface area (Å²) in [6.07, 6.45) is 13.6. The van der Waals surface area contributed by atoms with Gasteiger partial charge in [0.1, 0.15) is 0 Å². The normalized spacial score (nSPS) is 37.2. The average Bonchev–Trinajstić information content (AvgIpc) is 2.84. The van der Waals surface area contributed by atoms with Crippen molar-refractivity contribution in [3.63, 3.8) is 0 Å². The SMILES string of the molecule is OC1CCCCC1CN1CCC2(CCCC2)CC1. The standard InChI is InChI=1S/C16H29NO/c18-15-6-2-1-5-14(15)13-17-11-9-16(10-12-17)7-3-4-8-16/h14-15,18H,1-13H2. The highest BCUT2D eigenvalue weighted by atomic mass is 16.3. The van der Waals surface area contributed by atoms with Crippen LogP contribution < -0.4 is 0 Å². The molecule has 3 rings (SSSR count). The van der Waals surface area contributed by atoms with Crippen molar-refractivity contribution in [2.75, 3.05) is 19.6 Å². The first-order chi connectivity index (χ1) is 8.77. The molecule has 2 atom stereocenters. The molecule has 0 bridgehead atoms. The topological polar surface area (TPSA) is 23.5 Å². The van der Waals surface area contributed by atoms with E-state index in [1.54, 1.807) is 0 Å². The molecular weight excluding hydrogens is 222 g/mol. The Labute approximate surface area is 112 Å². The van der Waals surface area contributed by atoms with Gasteiger partial charge in [-0.15, -0.1) is 0 Å². The number of aliphatic hydroxyl groups is 1. The van der Waals surface area contributed by atoms with Crippen LogP contribution in [0, 0.1) is 11.3 Å². The Kier molecular flexibility index (Phi) is 3.95. The lowest BCUT2D eigenvalue weighted by Crippen LogP contribution is -2.43. The van der Waals surface area contributed by atoms with Crippen LogP contribution in [0.15, 0.2) is 0 Å². The second kappa shape index (κ2) is 5.50. The highest BCUT2D eigenvalue weighted by Crippen LogP contribution is 2.46. The predicted molar refractivity (Wildman–Crippen MR) is 74.5 cm³/mol. The quantitative estimate of drug-likeness (QED) is 0.814. The molecule has 1 N–H and O–H groups in total. The zero-order chi connectivity index (χ0) is 12.4. The van der Waals surface area contributed by atoms with Crippen LogP contribution in [-0.2, 0) is 0 Å². The van der Waals surface area contributed by atoms with Crippen LogP contribution in [-0.4, -0.2) is 35.7 Å². The first-order valence-corrected chi connectivity index (χ1v) is 8.18. The van der Waals surface area contributed by atoms with E-state index >= 15 is 0 Å². The predicted octanol–water partition coefficient (Wildman–Crippen LogP) is 3.19. The van der Waals surface area contributed by atoms with Crippen LogP contribution in [0.5, 0.6) is 0 Å². The molecule has 104 valence electrons. The fourth-order valence-corrected chi connectivity index (χ4v) is 4.57. The van der Waals surface area contributed by atoms with Crippen LogP contribution in [0.2, 0.25) is 0 Å². The van der Waals surface area contributed by atoms with Gasteiger partial charge in [0.25, 0.3) is 0 Å². The van der Waals surface area contributed by atoms with Gasteiger partial charge in [0.2, 0.25) is 0 Å². The van der Waals surface area contributed by atoms with Crippen molar-refractivity contribution in [1.82, 2.24) is 4.90 Å². The van der Waals surface area contributed by atoms with E-state index in [9.17, 15) is 5.11 Å². The average molecular weight is 251 g/mol. The number of likely N-dealkylation sites (tertiary alicyclic amines) is 1.